The molecule has 3 aromatic rings. The fraction of sp³-hybridized carbons (Fsp3) is 0.368. The van der Waals surface area contributed by atoms with E-state index in [0.717, 1.165) is 31.2 Å². The third kappa shape index (κ3) is 4.49. The summed E-state index contributed by atoms with van der Waals surface area (Å²) in [6.45, 7) is 5.37. The van der Waals surface area contributed by atoms with Gasteiger partial charge < -0.3 is 9.47 Å². The van der Waals surface area contributed by atoms with Gasteiger partial charge in [0.2, 0.25) is 23.6 Å². The highest BCUT2D eigenvalue weighted by atomic mass is 16.5. The molecule has 46 heavy (non-hydrogen) atoms. The molecule has 2 bridgehead atoms. The Bertz CT molecular complexity index is 1580. The van der Waals surface area contributed by atoms with Gasteiger partial charge in [0, 0.05) is 11.3 Å². The molecule has 2 aliphatic heterocycles. The van der Waals surface area contributed by atoms with Crippen LogP contribution in [0.5, 0.6) is 11.5 Å². The summed E-state index contributed by atoms with van der Waals surface area (Å²) in [6, 6.07) is 23.4. The topological polar surface area (TPSA) is 93.2 Å². The standard InChI is InChI=1S/C38H38N2O6/c1-3-5-22-45-27-16-12-25(13-17-27)39-34(41)30-29-20-21-38(32(30)36(39)43,24-10-8-7-9-11-24)33-31(29)35(42)40(37(33)44)26-14-18-28(19-15-26)46-23-6-4-2/h7-21,29-33H,3-6,22-23H2,1-2H3/t29?,30-,31+,32-,33+,38?. The molecular formula is C38H38N2O6. The molecule has 8 heteroatoms. The number of carbonyl (C=O) groups is 4. The number of ether oxygens (including phenoxy) is 2. The summed E-state index contributed by atoms with van der Waals surface area (Å²) < 4.78 is 11.6. The molecule has 0 radical (unpaired) electrons. The van der Waals surface area contributed by atoms with Crippen LogP contribution in [-0.4, -0.2) is 36.8 Å². The van der Waals surface area contributed by atoms with Crippen LogP contribution >= 0.6 is 0 Å². The Morgan fingerprint density at radius 1 is 0.609 bits per heavy atom. The number of hydrogen-bond acceptors (Lipinski definition) is 6. The lowest BCUT2D eigenvalue weighted by atomic mass is 9.45. The van der Waals surface area contributed by atoms with Crippen LogP contribution in [0.25, 0.3) is 0 Å². The summed E-state index contributed by atoms with van der Waals surface area (Å²) in [4.78, 5) is 60.1. The maximum Gasteiger partial charge on any atom is 0.238 e. The first-order valence-electron chi connectivity index (χ1n) is 16.4. The molecule has 3 aromatic carbocycles. The largest absolute Gasteiger partial charge is 0.494 e. The van der Waals surface area contributed by atoms with Gasteiger partial charge in [-0.3, -0.25) is 19.2 Å². The van der Waals surface area contributed by atoms with Crippen molar-refractivity contribution in [3.8, 4) is 11.5 Å². The second-order valence-corrected chi connectivity index (χ2v) is 12.7. The van der Waals surface area contributed by atoms with Crippen LogP contribution in [0.4, 0.5) is 11.4 Å². The van der Waals surface area contributed by atoms with E-state index < -0.39 is 35.0 Å². The summed E-state index contributed by atoms with van der Waals surface area (Å²) in [5, 5.41) is 0. The fourth-order valence-electron chi connectivity index (χ4n) is 8.04. The smallest absolute Gasteiger partial charge is 0.238 e. The molecule has 2 unspecified atom stereocenters. The summed E-state index contributed by atoms with van der Waals surface area (Å²) >= 11 is 0. The van der Waals surface area contributed by atoms with E-state index in [0.29, 0.717) is 36.1 Å². The van der Waals surface area contributed by atoms with Gasteiger partial charge in [0.15, 0.2) is 0 Å². The minimum atomic E-state index is -1.17. The second-order valence-electron chi connectivity index (χ2n) is 12.7. The SMILES string of the molecule is CCCCOc1ccc(N2C(=O)[C@@H]3[C@@H](C2=O)C2C=CC3(c3ccccc3)[C@H]3C(=O)N(c4ccc(OCCCC)cc4)C(=O)[C@H]23)cc1. The lowest BCUT2D eigenvalue weighted by molar-refractivity contribution is -0.140. The Hall–Kier alpha value is -4.72. The Morgan fingerprint density at radius 2 is 1.07 bits per heavy atom. The number of rotatable bonds is 11. The zero-order valence-corrected chi connectivity index (χ0v) is 26.1. The molecule has 5 aliphatic rings. The number of nitrogens with zero attached hydrogens (tertiary/aromatic N) is 2. The molecular weight excluding hydrogens is 580 g/mol. The van der Waals surface area contributed by atoms with Crippen LogP contribution in [0.15, 0.2) is 91.0 Å². The normalized spacial score (nSPS) is 27.7. The Labute approximate surface area is 269 Å². The van der Waals surface area contributed by atoms with Crippen LogP contribution in [0, 0.1) is 29.6 Å². The molecule has 4 amide bonds. The predicted molar refractivity (Wildman–Crippen MR) is 173 cm³/mol. The Morgan fingerprint density at radius 3 is 1.50 bits per heavy atom. The Kier molecular flexibility index (Phi) is 7.75. The van der Waals surface area contributed by atoms with Crippen molar-refractivity contribution >= 4 is 35.0 Å². The molecule has 2 saturated heterocycles. The molecule has 6 atom stereocenters. The van der Waals surface area contributed by atoms with Gasteiger partial charge in [0.25, 0.3) is 0 Å². The van der Waals surface area contributed by atoms with Crippen LogP contribution in [0.1, 0.15) is 45.1 Å². The highest BCUT2D eigenvalue weighted by Crippen LogP contribution is 2.65. The van der Waals surface area contributed by atoms with E-state index in [2.05, 4.69) is 13.8 Å². The van der Waals surface area contributed by atoms with Crippen molar-refractivity contribution in [1.82, 2.24) is 0 Å². The summed E-state index contributed by atoms with van der Waals surface area (Å²) in [5.41, 5.74) is 0.501. The van der Waals surface area contributed by atoms with Crippen molar-refractivity contribution in [1.29, 1.82) is 0 Å². The molecule has 8 rings (SSSR count). The van der Waals surface area contributed by atoms with Gasteiger partial charge in [-0.25, -0.2) is 9.80 Å². The third-order valence-electron chi connectivity index (χ3n) is 10.2. The van der Waals surface area contributed by atoms with E-state index in [9.17, 15) is 19.2 Å². The zero-order chi connectivity index (χ0) is 32.0. The van der Waals surface area contributed by atoms with Crippen molar-refractivity contribution in [3.05, 3.63) is 96.6 Å². The fourth-order valence-corrected chi connectivity index (χ4v) is 8.04. The second kappa shape index (κ2) is 11.9. The average Bonchev–Trinajstić information content (AvgIpc) is 3.53. The third-order valence-corrected chi connectivity index (χ3v) is 10.2. The Balaban J connectivity index is 1.26. The molecule has 236 valence electrons. The maximum atomic E-state index is 14.5. The van der Waals surface area contributed by atoms with Crippen LogP contribution in [-0.2, 0) is 24.6 Å². The van der Waals surface area contributed by atoms with Gasteiger partial charge in [-0.1, -0.05) is 69.2 Å². The van der Waals surface area contributed by atoms with E-state index in [-0.39, 0.29) is 23.6 Å². The van der Waals surface area contributed by atoms with E-state index in [1.165, 1.54) is 9.80 Å². The molecule has 0 N–H and O–H groups in total. The van der Waals surface area contributed by atoms with Crippen molar-refractivity contribution in [3.63, 3.8) is 0 Å². The van der Waals surface area contributed by atoms with E-state index >= 15 is 0 Å². The van der Waals surface area contributed by atoms with Crippen molar-refractivity contribution in [2.75, 3.05) is 23.0 Å². The molecule has 0 aromatic heterocycles. The highest BCUT2D eigenvalue weighted by Gasteiger charge is 2.75. The predicted octanol–water partition coefficient (Wildman–Crippen LogP) is 6.09. The first-order valence-corrected chi connectivity index (χ1v) is 16.4. The van der Waals surface area contributed by atoms with Gasteiger partial charge in [-0.05, 0) is 66.9 Å². The molecule has 2 heterocycles. The molecule has 0 spiro atoms. The van der Waals surface area contributed by atoms with Gasteiger partial charge in [0.1, 0.15) is 11.5 Å². The molecule has 8 nitrogen and oxygen atoms in total. The molecule has 3 fully saturated rings. The van der Waals surface area contributed by atoms with Crippen molar-refractivity contribution < 1.29 is 28.7 Å². The number of anilines is 2. The number of hydrogen-bond donors (Lipinski definition) is 0. The highest BCUT2D eigenvalue weighted by molar-refractivity contribution is 6.27. The number of imide groups is 2. The lowest BCUT2D eigenvalue weighted by Crippen LogP contribution is -2.60. The first kappa shape index (κ1) is 30.0. The van der Waals surface area contributed by atoms with E-state index in [4.69, 9.17) is 9.47 Å². The number of benzene rings is 3. The monoisotopic (exact) mass is 618 g/mol. The molecule has 3 aliphatic carbocycles. The summed E-state index contributed by atoms with van der Waals surface area (Å²) in [5.74, 6) is -3.82. The van der Waals surface area contributed by atoms with Crippen LogP contribution in [0.3, 0.4) is 0 Å². The van der Waals surface area contributed by atoms with Crippen LogP contribution in [0.2, 0.25) is 0 Å². The number of unbranched alkanes of at least 4 members (excludes halogenated alkanes) is 2. The van der Waals surface area contributed by atoms with Crippen LogP contribution < -0.4 is 19.3 Å². The minimum Gasteiger partial charge on any atom is -0.494 e. The summed E-state index contributed by atoms with van der Waals surface area (Å²) in [6.07, 6.45) is 7.74. The minimum absolute atomic E-state index is 0.338. The first-order chi connectivity index (χ1) is 22.4. The molecule has 1 saturated carbocycles. The van der Waals surface area contributed by atoms with E-state index in [1.54, 1.807) is 48.5 Å². The van der Waals surface area contributed by atoms with Gasteiger partial charge in [-0.2, -0.15) is 0 Å². The van der Waals surface area contributed by atoms with Gasteiger partial charge >= 0.3 is 0 Å². The number of amides is 4. The quantitative estimate of drug-likeness (QED) is 0.147. The van der Waals surface area contributed by atoms with Crippen molar-refractivity contribution in [2.45, 2.75) is 44.9 Å². The van der Waals surface area contributed by atoms with E-state index in [1.807, 2.05) is 42.5 Å². The number of allylic oxidation sites excluding steroid dienone is 2. The summed E-state index contributed by atoms with van der Waals surface area (Å²) in [7, 11) is 0. The van der Waals surface area contributed by atoms with Gasteiger partial charge in [-0.15, -0.1) is 0 Å². The zero-order valence-electron chi connectivity index (χ0n) is 26.1. The van der Waals surface area contributed by atoms with Gasteiger partial charge in [0.05, 0.1) is 48.3 Å². The maximum absolute atomic E-state index is 14.5. The lowest BCUT2D eigenvalue weighted by Gasteiger charge is -2.53. The number of carbonyl (C=O) groups excluding carboxylic acids is 4. The van der Waals surface area contributed by atoms with Crippen molar-refractivity contribution in [2.24, 2.45) is 29.6 Å². The average molecular weight is 619 g/mol.